The zero-order valence-corrected chi connectivity index (χ0v) is 14.3. The van der Waals surface area contributed by atoms with Crippen molar-refractivity contribution in [1.82, 2.24) is 9.80 Å². The Bertz CT molecular complexity index is 422. The maximum absolute atomic E-state index is 12.0. The van der Waals surface area contributed by atoms with Crippen molar-refractivity contribution in [3.63, 3.8) is 0 Å². The van der Waals surface area contributed by atoms with E-state index in [1.165, 1.54) is 19.3 Å². The molecular weight excluding hydrogens is 280 g/mol. The van der Waals surface area contributed by atoms with E-state index >= 15 is 0 Å². The van der Waals surface area contributed by atoms with Gasteiger partial charge in [0.25, 0.3) is 0 Å². The third-order valence-electron chi connectivity index (χ3n) is 4.10. The average Bonchev–Trinajstić information content (AvgIpc) is 3.15. The number of nitrogens with two attached hydrogens (primary N) is 1. The normalized spacial score (nSPS) is 26.1. The highest BCUT2D eigenvalue weighted by atomic mass is 16.6. The number of ether oxygens (including phenoxy) is 1. The Balaban J connectivity index is 1.77. The minimum atomic E-state index is -0.449. The van der Waals surface area contributed by atoms with Gasteiger partial charge in [0.05, 0.1) is 6.04 Å². The summed E-state index contributed by atoms with van der Waals surface area (Å²) in [7, 11) is 0. The van der Waals surface area contributed by atoms with E-state index in [2.05, 4.69) is 16.8 Å². The van der Waals surface area contributed by atoms with Gasteiger partial charge in [-0.15, -0.1) is 0 Å². The molecule has 0 aromatic carbocycles. The first-order valence-corrected chi connectivity index (χ1v) is 8.36. The summed E-state index contributed by atoms with van der Waals surface area (Å²) in [5.41, 5.74) is 5.66. The Morgan fingerprint density at radius 1 is 1.23 bits per heavy atom. The molecule has 2 atom stereocenters. The third kappa shape index (κ3) is 4.78. The van der Waals surface area contributed by atoms with Gasteiger partial charge in [0.2, 0.25) is 0 Å². The fraction of sp³-hybridized carbons (Fsp3) is 0.875. The molecule has 6 nitrogen and oxygen atoms in total. The minimum absolute atomic E-state index is 0.243. The van der Waals surface area contributed by atoms with Crippen LogP contribution in [0.1, 0.15) is 47.0 Å². The summed E-state index contributed by atoms with van der Waals surface area (Å²) >= 11 is 0. The van der Waals surface area contributed by atoms with Crippen molar-refractivity contribution in [2.75, 3.05) is 26.2 Å². The molecule has 2 N–H and O–H groups in total. The molecule has 1 saturated carbocycles. The third-order valence-corrected chi connectivity index (χ3v) is 4.10. The van der Waals surface area contributed by atoms with E-state index in [1.807, 2.05) is 20.8 Å². The summed E-state index contributed by atoms with van der Waals surface area (Å²) in [6.45, 7) is 10.6. The molecule has 2 fully saturated rings. The number of rotatable bonds is 3. The van der Waals surface area contributed by atoms with Gasteiger partial charge in [-0.3, -0.25) is 0 Å². The highest BCUT2D eigenvalue weighted by Gasteiger charge is 2.36. The molecule has 1 saturated heterocycles. The number of nitrogens with zero attached hydrogens (tertiary/aromatic N) is 3. The molecule has 1 heterocycles. The number of carbonyl (C=O) groups is 1. The number of amides is 1. The van der Waals surface area contributed by atoms with Crippen LogP contribution < -0.4 is 5.73 Å². The highest BCUT2D eigenvalue weighted by molar-refractivity contribution is 5.79. The smallest absolute Gasteiger partial charge is 0.410 e. The first kappa shape index (κ1) is 16.9. The van der Waals surface area contributed by atoms with Crippen LogP contribution in [0, 0.1) is 5.92 Å². The predicted octanol–water partition coefficient (Wildman–Crippen LogP) is 2.04. The number of aliphatic imine (C=N–C) groups is 1. The van der Waals surface area contributed by atoms with Crippen LogP contribution >= 0.6 is 0 Å². The van der Waals surface area contributed by atoms with Crippen LogP contribution in [-0.2, 0) is 4.74 Å². The van der Waals surface area contributed by atoms with Gasteiger partial charge in [-0.05, 0) is 39.5 Å². The maximum Gasteiger partial charge on any atom is 0.410 e. The zero-order chi connectivity index (χ0) is 16.3. The Morgan fingerprint density at radius 2 is 1.82 bits per heavy atom. The summed E-state index contributed by atoms with van der Waals surface area (Å²) in [5, 5.41) is 0. The summed E-state index contributed by atoms with van der Waals surface area (Å²) in [6.07, 6.45) is 3.39. The SMILES string of the molecule is CCCC1CC1N=C(N)N1CCN(C(=O)OC(C)(C)C)CC1. The zero-order valence-electron chi connectivity index (χ0n) is 14.3. The molecule has 1 aliphatic heterocycles. The number of hydrogen-bond donors (Lipinski definition) is 1. The number of hydrogen-bond acceptors (Lipinski definition) is 3. The number of carbonyl (C=O) groups excluding carboxylic acids is 1. The molecule has 1 aliphatic carbocycles. The second-order valence-corrected chi connectivity index (χ2v) is 7.29. The van der Waals surface area contributed by atoms with Gasteiger partial charge >= 0.3 is 6.09 Å². The van der Waals surface area contributed by atoms with E-state index in [9.17, 15) is 4.79 Å². The number of piperazine rings is 1. The van der Waals surface area contributed by atoms with Gasteiger partial charge in [0.1, 0.15) is 5.60 Å². The molecule has 0 spiro atoms. The van der Waals surface area contributed by atoms with Gasteiger partial charge in [-0.2, -0.15) is 0 Å². The molecule has 1 amide bonds. The fourth-order valence-electron chi connectivity index (χ4n) is 2.77. The van der Waals surface area contributed by atoms with Crippen LogP contribution in [0.3, 0.4) is 0 Å². The molecule has 126 valence electrons. The Hall–Kier alpha value is -1.46. The topological polar surface area (TPSA) is 71.2 Å². The molecule has 0 aromatic heterocycles. The summed E-state index contributed by atoms with van der Waals surface area (Å²) < 4.78 is 5.40. The molecule has 2 rings (SSSR count). The van der Waals surface area contributed by atoms with Crippen LogP contribution in [0.2, 0.25) is 0 Å². The highest BCUT2D eigenvalue weighted by Crippen LogP contribution is 2.37. The van der Waals surface area contributed by atoms with Crippen molar-refractivity contribution < 1.29 is 9.53 Å². The largest absolute Gasteiger partial charge is 0.444 e. The van der Waals surface area contributed by atoms with E-state index in [1.54, 1.807) is 4.90 Å². The van der Waals surface area contributed by atoms with Crippen LogP contribution in [0.5, 0.6) is 0 Å². The average molecular weight is 310 g/mol. The first-order chi connectivity index (χ1) is 10.3. The van der Waals surface area contributed by atoms with Crippen molar-refractivity contribution in [3.8, 4) is 0 Å². The van der Waals surface area contributed by atoms with Crippen LogP contribution in [0.15, 0.2) is 4.99 Å². The summed E-state index contributed by atoms with van der Waals surface area (Å²) in [5.74, 6) is 1.36. The van der Waals surface area contributed by atoms with Crippen LogP contribution in [-0.4, -0.2) is 59.7 Å². The molecule has 6 heteroatoms. The van der Waals surface area contributed by atoms with Crippen LogP contribution in [0.25, 0.3) is 0 Å². The Kier molecular flexibility index (Phi) is 5.19. The standard InChI is InChI=1S/C16H30N4O2/c1-5-6-12-11-13(12)18-14(17)19-7-9-20(10-8-19)15(21)22-16(2,3)4/h12-13H,5-11H2,1-4H3,(H2,17,18). The lowest BCUT2D eigenvalue weighted by Crippen LogP contribution is -2.53. The molecular formula is C16H30N4O2. The van der Waals surface area contributed by atoms with Crippen molar-refractivity contribution in [1.29, 1.82) is 0 Å². The van der Waals surface area contributed by atoms with E-state index in [4.69, 9.17) is 10.5 Å². The monoisotopic (exact) mass is 310 g/mol. The maximum atomic E-state index is 12.0. The minimum Gasteiger partial charge on any atom is -0.444 e. The molecule has 0 bridgehead atoms. The lowest BCUT2D eigenvalue weighted by molar-refractivity contribution is 0.0186. The van der Waals surface area contributed by atoms with Gasteiger partial charge in [-0.1, -0.05) is 13.3 Å². The fourth-order valence-corrected chi connectivity index (χ4v) is 2.77. The van der Waals surface area contributed by atoms with E-state index in [-0.39, 0.29) is 6.09 Å². The van der Waals surface area contributed by atoms with Gasteiger partial charge < -0.3 is 20.3 Å². The van der Waals surface area contributed by atoms with E-state index in [0.29, 0.717) is 25.1 Å². The molecule has 0 aromatic rings. The predicted molar refractivity (Wildman–Crippen MR) is 87.8 cm³/mol. The first-order valence-electron chi connectivity index (χ1n) is 8.36. The van der Waals surface area contributed by atoms with Crippen molar-refractivity contribution >= 4 is 12.1 Å². The second-order valence-electron chi connectivity index (χ2n) is 7.29. The van der Waals surface area contributed by atoms with Crippen LogP contribution in [0.4, 0.5) is 4.79 Å². The van der Waals surface area contributed by atoms with Gasteiger partial charge in [0, 0.05) is 26.2 Å². The van der Waals surface area contributed by atoms with Gasteiger partial charge in [-0.25, -0.2) is 9.79 Å². The van der Waals surface area contributed by atoms with E-state index < -0.39 is 5.60 Å². The summed E-state index contributed by atoms with van der Waals surface area (Å²) in [6, 6.07) is 0.420. The van der Waals surface area contributed by atoms with E-state index in [0.717, 1.165) is 19.0 Å². The Labute approximate surface area is 133 Å². The van der Waals surface area contributed by atoms with Gasteiger partial charge in [0.15, 0.2) is 5.96 Å². The molecule has 0 radical (unpaired) electrons. The summed E-state index contributed by atoms with van der Waals surface area (Å²) in [4.78, 5) is 20.5. The lowest BCUT2D eigenvalue weighted by Gasteiger charge is -2.36. The van der Waals surface area contributed by atoms with Crippen molar-refractivity contribution in [3.05, 3.63) is 0 Å². The van der Waals surface area contributed by atoms with Crippen molar-refractivity contribution in [2.24, 2.45) is 16.6 Å². The lowest BCUT2D eigenvalue weighted by atomic mass is 10.2. The quantitative estimate of drug-likeness (QED) is 0.639. The molecule has 2 unspecified atom stereocenters. The molecule has 22 heavy (non-hydrogen) atoms. The number of guanidine groups is 1. The molecule has 2 aliphatic rings. The Morgan fingerprint density at radius 3 is 2.36 bits per heavy atom. The van der Waals surface area contributed by atoms with Crippen molar-refractivity contribution in [2.45, 2.75) is 58.6 Å². The second kappa shape index (κ2) is 6.75.